The summed E-state index contributed by atoms with van der Waals surface area (Å²) in [5.74, 6) is 1.81. The SMILES string of the molecule is c1ccc(-c2cccc3cccc(-c4cccc(-c5ccc6c(c5)Oc5ccccc5C65c6ccccc6-c6ccccc65)c4)c23)cc1. The molecule has 1 heterocycles. The molecule has 8 aromatic carbocycles. The van der Waals surface area contributed by atoms with Crippen molar-refractivity contribution in [1.29, 1.82) is 0 Å². The number of hydrogen-bond donors (Lipinski definition) is 0. The first-order chi connectivity index (χ1) is 23.8. The van der Waals surface area contributed by atoms with Crippen molar-refractivity contribution in [3.05, 3.63) is 204 Å². The summed E-state index contributed by atoms with van der Waals surface area (Å²) in [6, 6.07) is 66.0. The van der Waals surface area contributed by atoms with E-state index >= 15 is 0 Å². The van der Waals surface area contributed by atoms with Gasteiger partial charge in [0.25, 0.3) is 0 Å². The molecule has 224 valence electrons. The molecule has 0 saturated heterocycles. The summed E-state index contributed by atoms with van der Waals surface area (Å²) in [7, 11) is 0. The third-order valence-electron chi connectivity index (χ3n) is 10.3. The molecule has 0 radical (unpaired) electrons. The van der Waals surface area contributed by atoms with Crippen LogP contribution in [0.4, 0.5) is 0 Å². The van der Waals surface area contributed by atoms with Gasteiger partial charge in [-0.05, 0) is 84.6 Å². The first-order valence-corrected chi connectivity index (χ1v) is 16.6. The van der Waals surface area contributed by atoms with Gasteiger partial charge in [0.05, 0.1) is 5.41 Å². The first-order valence-electron chi connectivity index (χ1n) is 16.6. The Balaban J connectivity index is 1.15. The summed E-state index contributed by atoms with van der Waals surface area (Å²) in [6.45, 7) is 0. The number of rotatable bonds is 3. The zero-order chi connectivity index (χ0) is 31.7. The van der Waals surface area contributed by atoms with Crippen LogP contribution < -0.4 is 4.74 Å². The van der Waals surface area contributed by atoms with Crippen molar-refractivity contribution in [1.82, 2.24) is 0 Å². The van der Waals surface area contributed by atoms with Gasteiger partial charge in [0.15, 0.2) is 0 Å². The summed E-state index contributed by atoms with van der Waals surface area (Å²) >= 11 is 0. The maximum atomic E-state index is 6.79. The number of fused-ring (bicyclic) bond motifs is 10. The Morgan fingerprint density at radius 3 is 1.58 bits per heavy atom. The van der Waals surface area contributed by atoms with E-state index in [0.29, 0.717) is 0 Å². The van der Waals surface area contributed by atoms with Gasteiger partial charge in [-0.2, -0.15) is 0 Å². The molecule has 0 N–H and O–H groups in total. The average Bonchev–Trinajstić information content (AvgIpc) is 3.45. The lowest BCUT2D eigenvalue weighted by Crippen LogP contribution is -2.32. The number of hydrogen-bond acceptors (Lipinski definition) is 1. The van der Waals surface area contributed by atoms with Crippen LogP contribution in [-0.4, -0.2) is 0 Å². The van der Waals surface area contributed by atoms with Crippen LogP contribution in [0.25, 0.3) is 55.3 Å². The van der Waals surface area contributed by atoms with Crippen LogP contribution in [0.3, 0.4) is 0 Å². The van der Waals surface area contributed by atoms with Crippen LogP contribution >= 0.6 is 0 Å². The number of para-hydroxylation sites is 1. The minimum Gasteiger partial charge on any atom is -0.457 e. The molecule has 0 aromatic heterocycles. The lowest BCUT2D eigenvalue weighted by Gasteiger charge is -2.39. The maximum Gasteiger partial charge on any atom is 0.132 e. The fourth-order valence-corrected chi connectivity index (χ4v) is 8.35. The zero-order valence-corrected chi connectivity index (χ0v) is 26.2. The van der Waals surface area contributed by atoms with Crippen LogP contribution in [0.15, 0.2) is 182 Å². The summed E-state index contributed by atoms with van der Waals surface area (Å²) < 4.78 is 6.79. The molecule has 0 bridgehead atoms. The van der Waals surface area contributed by atoms with Crippen LogP contribution in [0.2, 0.25) is 0 Å². The molecule has 0 saturated carbocycles. The number of benzene rings is 8. The van der Waals surface area contributed by atoms with E-state index in [-0.39, 0.29) is 0 Å². The Hall–Kier alpha value is -6.18. The van der Waals surface area contributed by atoms with Crippen molar-refractivity contribution in [2.24, 2.45) is 0 Å². The minimum absolute atomic E-state index is 0.450. The molecule has 1 aliphatic heterocycles. The second kappa shape index (κ2) is 10.4. The summed E-state index contributed by atoms with van der Waals surface area (Å²) in [5.41, 5.74) is 14.3. The highest BCUT2D eigenvalue weighted by atomic mass is 16.5. The van der Waals surface area contributed by atoms with E-state index < -0.39 is 5.41 Å². The second-order valence-electron chi connectivity index (χ2n) is 12.8. The molecule has 1 heteroatoms. The summed E-state index contributed by atoms with van der Waals surface area (Å²) in [4.78, 5) is 0. The summed E-state index contributed by atoms with van der Waals surface area (Å²) in [6.07, 6.45) is 0. The number of ether oxygens (including phenoxy) is 1. The quantitative estimate of drug-likeness (QED) is 0.193. The summed E-state index contributed by atoms with van der Waals surface area (Å²) in [5, 5.41) is 2.51. The Morgan fingerprint density at radius 1 is 0.312 bits per heavy atom. The highest BCUT2D eigenvalue weighted by Gasteiger charge is 2.50. The van der Waals surface area contributed by atoms with E-state index in [9.17, 15) is 0 Å². The molecule has 48 heavy (non-hydrogen) atoms. The largest absolute Gasteiger partial charge is 0.457 e. The lowest BCUT2D eigenvalue weighted by atomic mass is 9.66. The average molecular weight is 611 g/mol. The van der Waals surface area contributed by atoms with Gasteiger partial charge >= 0.3 is 0 Å². The van der Waals surface area contributed by atoms with E-state index in [1.807, 2.05) is 0 Å². The molecule has 0 fully saturated rings. The van der Waals surface area contributed by atoms with Crippen LogP contribution in [-0.2, 0) is 5.41 Å². The van der Waals surface area contributed by atoms with Crippen molar-refractivity contribution in [2.45, 2.75) is 5.41 Å². The molecule has 1 spiro atoms. The maximum absolute atomic E-state index is 6.79. The van der Waals surface area contributed by atoms with Gasteiger partial charge in [0.2, 0.25) is 0 Å². The van der Waals surface area contributed by atoms with Gasteiger partial charge in [-0.15, -0.1) is 0 Å². The zero-order valence-electron chi connectivity index (χ0n) is 26.2. The molecule has 1 nitrogen and oxygen atoms in total. The molecule has 0 unspecified atom stereocenters. The predicted octanol–water partition coefficient (Wildman–Crippen LogP) is 12.3. The van der Waals surface area contributed by atoms with E-state index in [0.717, 1.165) is 22.6 Å². The molecule has 1 aliphatic carbocycles. The van der Waals surface area contributed by atoms with Crippen molar-refractivity contribution in [3.63, 3.8) is 0 Å². The van der Waals surface area contributed by atoms with Gasteiger partial charge in [-0.1, -0.05) is 164 Å². The smallest absolute Gasteiger partial charge is 0.132 e. The highest BCUT2D eigenvalue weighted by molar-refractivity contribution is 6.06. The van der Waals surface area contributed by atoms with Gasteiger partial charge in [-0.25, -0.2) is 0 Å². The second-order valence-corrected chi connectivity index (χ2v) is 12.8. The van der Waals surface area contributed by atoms with Crippen molar-refractivity contribution in [3.8, 4) is 56.0 Å². The van der Waals surface area contributed by atoms with Gasteiger partial charge < -0.3 is 4.74 Å². The van der Waals surface area contributed by atoms with Crippen LogP contribution in [0, 0.1) is 0 Å². The molecule has 8 aromatic rings. The predicted molar refractivity (Wildman–Crippen MR) is 198 cm³/mol. The third-order valence-corrected chi connectivity index (χ3v) is 10.3. The van der Waals surface area contributed by atoms with Gasteiger partial charge in [0.1, 0.15) is 11.5 Å². The standard InChI is InChI=1S/C47H30O/c1-2-13-31(14-3-1)36-21-11-15-32-16-12-22-37(46(32)36)35-18-10-17-33(29-35)34-27-28-43-45(30-34)48-44-26-9-8-25-42(44)47(43)40-23-6-4-19-38(40)39-20-5-7-24-41(39)47/h1-30H. The Kier molecular flexibility index (Phi) is 5.86. The van der Waals surface area contributed by atoms with Crippen molar-refractivity contribution >= 4 is 10.8 Å². The van der Waals surface area contributed by atoms with Crippen molar-refractivity contribution < 1.29 is 4.74 Å². The topological polar surface area (TPSA) is 9.23 Å². The third kappa shape index (κ3) is 3.79. The fourth-order valence-electron chi connectivity index (χ4n) is 8.35. The van der Waals surface area contributed by atoms with Crippen LogP contribution in [0.5, 0.6) is 11.5 Å². The monoisotopic (exact) mass is 610 g/mol. The van der Waals surface area contributed by atoms with E-state index in [1.54, 1.807) is 0 Å². The van der Waals surface area contributed by atoms with E-state index in [4.69, 9.17) is 4.74 Å². The van der Waals surface area contributed by atoms with Gasteiger partial charge in [0, 0.05) is 11.1 Å². The minimum atomic E-state index is -0.450. The molecular formula is C47H30O. The lowest BCUT2D eigenvalue weighted by molar-refractivity contribution is 0.436. The fraction of sp³-hybridized carbons (Fsp3) is 0.0213. The molecule has 0 atom stereocenters. The van der Waals surface area contributed by atoms with Crippen LogP contribution in [0.1, 0.15) is 22.3 Å². The van der Waals surface area contributed by atoms with E-state index in [1.165, 1.54) is 66.4 Å². The Labute approximate surface area is 280 Å². The molecular weight excluding hydrogens is 581 g/mol. The molecule has 10 rings (SSSR count). The molecule has 0 amide bonds. The Bertz CT molecular complexity index is 2490. The first kappa shape index (κ1) is 27.0. The normalized spacial score (nSPS) is 13.3. The highest BCUT2D eigenvalue weighted by Crippen LogP contribution is 2.62. The molecule has 2 aliphatic rings. The Morgan fingerprint density at radius 2 is 0.833 bits per heavy atom. The van der Waals surface area contributed by atoms with E-state index in [2.05, 4.69) is 182 Å². The van der Waals surface area contributed by atoms with Crippen molar-refractivity contribution in [2.75, 3.05) is 0 Å². The van der Waals surface area contributed by atoms with Gasteiger partial charge in [-0.3, -0.25) is 0 Å².